The molecule has 0 heterocycles. The van der Waals surface area contributed by atoms with Crippen molar-refractivity contribution in [2.75, 3.05) is 0 Å². The molecule has 0 spiro atoms. The van der Waals surface area contributed by atoms with Crippen LogP contribution in [0.25, 0.3) is 0 Å². The van der Waals surface area contributed by atoms with E-state index in [0.717, 1.165) is 13.1 Å². The highest BCUT2D eigenvalue weighted by atomic mass is 14.9. The van der Waals surface area contributed by atoms with E-state index in [-0.39, 0.29) is 0 Å². The minimum Gasteiger partial charge on any atom is -0.310 e. The second kappa shape index (κ2) is 6.77. The molecule has 17 heavy (non-hydrogen) atoms. The summed E-state index contributed by atoms with van der Waals surface area (Å²) >= 11 is 0. The van der Waals surface area contributed by atoms with Crippen molar-refractivity contribution >= 4 is 0 Å². The summed E-state index contributed by atoms with van der Waals surface area (Å²) in [5.74, 6) is 0. The standard InChI is InChI=1S/C15H26N2/c1-11(2)16-9-14-7-6-13(5)8-15(14)10-17-12(3)4/h6-8,11-12,16-17H,9-10H2,1-5H3. The molecule has 2 N–H and O–H groups in total. The number of aryl methyl sites for hydroxylation is 1. The third-order valence-corrected chi connectivity index (χ3v) is 2.76. The third-order valence-electron chi connectivity index (χ3n) is 2.76. The monoisotopic (exact) mass is 234 g/mol. The topological polar surface area (TPSA) is 24.1 Å². The summed E-state index contributed by atoms with van der Waals surface area (Å²) in [6, 6.07) is 7.77. The van der Waals surface area contributed by atoms with E-state index in [1.54, 1.807) is 0 Å². The van der Waals surface area contributed by atoms with Crippen LogP contribution in [0.1, 0.15) is 44.4 Å². The van der Waals surface area contributed by atoms with Crippen LogP contribution in [0.15, 0.2) is 18.2 Å². The van der Waals surface area contributed by atoms with Gasteiger partial charge in [-0.2, -0.15) is 0 Å². The molecule has 0 aromatic heterocycles. The smallest absolute Gasteiger partial charge is 0.0211 e. The van der Waals surface area contributed by atoms with Gasteiger partial charge in [0.2, 0.25) is 0 Å². The van der Waals surface area contributed by atoms with Gasteiger partial charge in [0.15, 0.2) is 0 Å². The van der Waals surface area contributed by atoms with E-state index in [1.807, 2.05) is 0 Å². The molecule has 96 valence electrons. The Bertz CT molecular complexity index is 343. The fourth-order valence-corrected chi connectivity index (χ4v) is 1.72. The van der Waals surface area contributed by atoms with E-state index >= 15 is 0 Å². The van der Waals surface area contributed by atoms with Crippen LogP contribution in [0, 0.1) is 6.92 Å². The normalized spacial score (nSPS) is 11.5. The predicted octanol–water partition coefficient (Wildman–Crippen LogP) is 2.99. The Morgan fingerprint density at radius 3 is 1.94 bits per heavy atom. The van der Waals surface area contributed by atoms with Crippen LogP contribution in [0.3, 0.4) is 0 Å². The first-order valence-electron chi connectivity index (χ1n) is 6.54. The molecular weight excluding hydrogens is 208 g/mol. The van der Waals surface area contributed by atoms with Gasteiger partial charge in [-0.1, -0.05) is 51.5 Å². The van der Waals surface area contributed by atoms with Crippen LogP contribution in [0.4, 0.5) is 0 Å². The maximum atomic E-state index is 3.49. The molecule has 1 aromatic rings. The van der Waals surface area contributed by atoms with Crippen LogP contribution in [-0.2, 0) is 13.1 Å². The lowest BCUT2D eigenvalue weighted by molar-refractivity contribution is 0.567. The molecule has 0 atom stereocenters. The lowest BCUT2D eigenvalue weighted by Crippen LogP contribution is -2.25. The SMILES string of the molecule is Cc1ccc(CNC(C)C)c(CNC(C)C)c1. The van der Waals surface area contributed by atoms with Crippen LogP contribution >= 0.6 is 0 Å². The molecule has 0 fully saturated rings. The van der Waals surface area contributed by atoms with Crippen molar-refractivity contribution in [3.8, 4) is 0 Å². The molecule has 0 aliphatic heterocycles. The zero-order valence-corrected chi connectivity index (χ0v) is 11.8. The van der Waals surface area contributed by atoms with Gasteiger partial charge >= 0.3 is 0 Å². The first-order valence-corrected chi connectivity index (χ1v) is 6.54. The molecule has 2 nitrogen and oxygen atoms in total. The van der Waals surface area contributed by atoms with E-state index in [1.165, 1.54) is 16.7 Å². The van der Waals surface area contributed by atoms with Crippen molar-refractivity contribution in [1.29, 1.82) is 0 Å². The van der Waals surface area contributed by atoms with E-state index in [4.69, 9.17) is 0 Å². The molecule has 0 saturated heterocycles. The summed E-state index contributed by atoms with van der Waals surface area (Å²) in [4.78, 5) is 0. The summed E-state index contributed by atoms with van der Waals surface area (Å²) in [6.07, 6.45) is 0. The second-order valence-electron chi connectivity index (χ2n) is 5.34. The molecule has 0 saturated carbocycles. The number of benzene rings is 1. The highest BCUT2D eigenvalue weighted by molar-refractivity contribution is 5.31. The lowest BCUT2D eigenvalue weighted by atomic mass is 10.0. The minimum absolute atomic E-state index is 0.529. The zero-order valence-electron chi connectivity index (χ0n) is 11.8. The Hall–Kier alpha value is -0.860. The Morgan fingerprint density at radius 1 is 0.882 bits per heavy atom. The van der Waals surface area contributed by atoms with Gasteiger partial charge in [0, 0.05) is 25.2 Å². The quantitative estimate of drug-likeness (QED) is 0.790. The van der Waals surface area contributed by atoms with Crippen molar-refractivity contribution < 1.29 is 0 Å². The number of rotatable bonds is 6. The molecule has 0 bridgehead atoms. The highest BCUT2D eigenvalue weighted by Gasteiger charge is 2.04. The molecule has 1 rings (SSSR count). The number of hydrogen-bond acceptors (Lipinski definition) is 2. The van der Waals surface area contributed by atoms with Gasteiger partial charge in [0.05, 0.1) is 0 Å². The van der Waals surface area contributed by atoms with Crippen LogP contribution in [-0.4, -0.2) is 12.1 Å². The van der Waals surface area contributed by atoms with Crippen molar-refractivity contribution in [1.82, 2.24) is 10.6 Å². The maximum Gasteiger partial charge on any atom is 0.0211 e. The van der Waals surface area contributed by atoms with E-state index in [2.05, 4.69) is 63.5 Å². The zero-order chi connectivity index (χ0) is 12.8. The maximum absolute atomic E-state index is 3.49. The van der Waals surface area contributed by atoms with Crippen molar-refractivity contribution in [3.05, 3.63) is 34.9 Å². The predicted molar refractivity (Wildman–Crippen MR) is 75.1 cm³/mol. The average molecular weight is 234 g/mol. The lowest BCUT2D eigenvalue weighted by Gasteiger charge is -2.15. The van der Waals surface area contributed by atoms with Gasteiger partial charge < -0.3 is 10.6 Å². The Kier molecular flexibility index (Phi) is 5.66. The third kappa shape index (κ3) is 5.33. The van der Waals surface area contributed by atoms with Crippen LogP contribution in [0.5, 0.6) is 0 Å². The van der Waals surface area contributed by atoms with E-state index in [9.17, 15) is 0 Å². The Labute approximate surface area is 106 Å². The van der Waals surface area contributed by atoms with Crippen molar-refractivity contribution in [2.45, 2.75) is 59.8 Å². The second-order valence-corrected chi connectivity index (χ2v) is 5.34. The first kappa shape index (κ1) is 14.2. The molecular formula is C15H26N2. The minimum atomic E-state index is 0.529. The van der Waals surface area contributed by atoms with E-state index < -0.39 is 0 Å². The summed E-state index contributed by atoms with van der Waals surface area (Å²) in [5.41, 5.74) is 4.14. The summed E-state index contributed by atoms with van der Waals surface area (Å²) < 4.78 is 0. The van der Waals surface area contributed by atoms with Gasteiger partial charge in [-0.25, -0.2) is 0 Å². The molecule has 1 aromatic carbocycles. The number of nitrogens with one attached hydrogen (secondary N) is 2. The fourth-order valence-electron chi connectivity index (χ4n) is 1.72. The van der Waals surface area contributed by atoms with Crippen LogP contribution in [0.2, 0.25) is 0 Å². The average Bonchev–Trinajstić information content (AvgIpc) is 2.24. The highest BCUT2D eigenvalue weighted by Crippen LogP contribution is 2.12. The van der Waals surface area contributed by atoms with Gasteiger partial charge in [0.1, 0.15) is 0 Å². The fraction of sp³-hybridized carbons (Fsp3) is 0.600. The van der Waals surface area contributed by atoms with E-state index in [0.29, 0.717) is 12.1 Å². The molecule has 2 heteroatoms. The van der Waals surface area contributed by atoms with Gasteiger partial charge in [-0.05, 0) is 18.1 Å². The largest absolute Gasteiger partial charge is 0.310 e. The summed E-state index contributed by atoms with van der Waals surface area (Å²) in [6.45, 7) is 12.8. The first-order chi connectivity index (χ1) is 7.99. The van der Waals surface area contributed by atoms with Gasteiger partial charge in [-0.3, -0.25) is 0 Å². The van der Waals surface area contributed by atoms with Gasteiger partial charge in [0.25, 0.3) is 0 Å². The Morgan fingerprint density at radius 2 is 1.41 bits per heavy atom. The summed E-state index contributed by atoms with van der Waals surface area (Å²) in [7, 11) is 0. The van der Waals surface area contributed by atoms with Gasteiger partial charge in [-0.15, -0.1) is 0 Å². The number of hydrogen-bond donors (Lipinski definition) is 2. The van der Waals surface area contributed by atoms with Crippen molar-refractivity contribution in [3.63, 3.8) is 0 Å². The van der Waals surface area contributed by atoms with Crippen molar-refractivity contribution in [2.24, 2.45) is 0 Å². The Balaban J connectivity index is 2.72. The van der Waals surface area contributed by atoms with Crippen LogP contribution < -0.4 is 10.6 Å². The molecule has 0 radical (unpaired) electrons. The summed E-state index contributed by atoms with van der Waals surface area (Å²) in [5, 5.41) is 6.97. The molecule has 0 aliphatic carbocycles. The molecule has 0 amide bonds. The molecule has 0 aliphatic rings. The molecule has 0 unspecified atom stereocenters.